The molecular weight excluding hydrogens is 625 g/mol. The molecule has 5 aromatic rings. The van der Waals surface area contributed by atoms with Crippen molar-refractivity contribution < 1.29 is 29.1 Å². The van der Waals surface area contributed by atoms with Gasteiger partial charge in [-0.3, -0.25) is 29.0 Å². The van der Waals surface area contributed by atoms with E-state index in [1.54, 1.807) is 0 Å². The Kier molecular flexibility index (Phi) is 7.66. The number of nitrogens with zero attached hydrogens (tertiary/aromatic N) is 2. The van der Waals surface area contributed by atoms with E-state index in [4.69, 9.17) is 6.42 Å². The molecule has 0 saturated carbocycles. The predicted molar refractivity (Wildman–Crippen MR) is 182 cm³/mol. The third-order valence-electron chi connectivity index (χ3n) is 8.86. The summed E-state index contributed by atoms with van der Waals surface area (Å²) in [5.41, 5.74) is 3.03. The summed E-state index contributed by atoms with van der Waals surface area (Å²) in [7, 11) is 0. The molecule has 0 bridgehead atoms. The number of carboxylic acids is 1. The summed E-state index contributed by atoms with van der Waals surface area (Å²) in [5, 5.41) is 11.0. The van der Waals surface area contributed by atoms with Crippen LogP contribution in [0, 0.1) is 12.3 Å². The number of amides is 4. The summed E-state index contributed by atoms with van der Waals surface area (Å²) < 4.78 is -0.900. The van der Waals surface area contributed by atoms with Crippen molar-refractivity contribution >= 4 is 52.1 Å². The first kappa shape index (κ1) is 30.7. The van der Waals surface area contributed by atoms with Gasteiger partial charge in [0.15, 0.2) is 0 Å². The molecule has 48 heavy (non-hydrogen) atoms. The van der Waals surface area contributed by atoms with E-state index >= 15 is 0 Å². The highest BCUT2D eigenvalue weighted by atomic mass is 32.2. The number of carboxylic acid groups (broad SMARTS) is 1. The predicted octanol–water partition coefficient (Wildman–Crippen LogP) is 5.84. The summed E-state index contributed by atoms with van der Waals surface area (Å²) in [5.74, 6) is -2.09. The molecule has 2 aliphatic heterocycles. The molecule has 0 unspecified atom stereocenters. The second-order valence-corrected chi connectivity index (χ2v) is 12.6. The van der Waals surface area contributed by atoms with Gasteiger partial charge in [0.25, 0.3) is 23.6 Å². The van der Waals surface area contributed by atoms with E-state index in [9.17, 15) is 29.1 Å². The average molecular weight is 651 g/mol. The second kappa shape index (κ2) is 12.0. The van der Waals surface area contributed by atoms with Crippen LogP contribution in [0.2, 0.25) is 0 Å². The number of imide groups is 2. The lowest BCUT2D eigenvalue weighted by atomic mass is 9.84. The minimum absolute atomic E-state index is 0.0351. The second-order valence-electron chi connectivity index (χ2n) is 11.4. The van der Waals surface area contributed by atoms with E-state index < -0.39 is 40.4 Å². The first-order chi connectivity index (χ1) is 23.3. The van der Waals surface area contributed by atoms with Crippen LogP contribution < -0.4 is 0 Å². The Morgan fingerprint density at radius 3 is 1.38 bits per heavy atom. The molecule has 0 radical (unpaired) electrons. The fourth-order valence-corrected chi connectivity index (χ4v) is 8.30. The summed E-state index contributed by atoms with van der Waals surface area (Å²) in [6.45, 7) is -0.234. The van der Waals surface area contributed by atoms with Crippen LogP contribution in [0.1, 0.15) is 58.1 Å². The molecule has 234 valence electrons. The molecule has 0 aliphatic carbocycles. The van der Waals surface area contributed by atoms with Crippen molar-refractivity contribution in [2.45, 2.75) is 10.8 Å². The van der Waals surface area contributed by atoms with Crippen LogP contribution in [0.5, 0.6) is 0 Å². The Hall–Kier alpha value is -5.98. The molecule has 1 N–H and O–H groups in total. The molecule has 1 atom stereocenters. The van der Waals surface area contributed by atoms with Crippen LogP contribution in [0.25, 0.3) is 10.8 Å². The van der Waals surface area contributed by atoms with Gasteiger partial charge in [0.1, 0.15) is 6.04 Å². The van der Waals surface area contributed by atoms with Crippen molar-refractivity contribution in [3.8, 4) is 12.3 Å². The molecule has 0 fully saturated rings. The van der Waals surface area contributed by atoms with Crippen molar-refractivity contribution in [3.05, 3.63) is 154 Å². The molecule has 0 saturated heterocycles. The third-order valence-corrected chi connectivity index (χ3v) is 10.5. The van der Waals surface area contributed by atoms with E-state index in [-0.39, 0.29) is 45.3 Å². The number of thioether (sulfide) groups is 1. The normalized spacial score (nSPS) is 14.6. The average Bonchev–Trinajstić information content (AvgIpc) is 3.12. The van der Waals surface area contributed by atoms with E-state index in [1.807, 2.05) is 91.0 Å². The van der Waals surface area contributed by atoms with Crippen molar-refractivity contribution in [2.24, 2.45) is 0 Å². The van der Waals surface area contributed by atoms with E-state index in [0.29, 0.717) is 0 Å². The van der Waals surface area contributed by atoms with E-state index in [1.165, 1.54) is 36.0 Å². The number of hydrogen-bond donors (Lipinski definition) is 1. The van der Waals surface area contributed by atoms with E-state index in [0.717, 1.165) is 26.5 Å². The monoisotopic (exact) mass is 650 g/mol. The van der Waals surface area contributed by atoms with Gasteiger partial charge in [-0.25, -0.2) is 4.79 Å². The Bertz CT molecular complexity index is 2030. The fourth-order valence-electron chi connectivity index (χ4n) is 6.69. The lowest BCUT2D eigenvalue weighted by molar-refractivity contribution is -0.140. The Balaban J connectivity index is 1.33. The van der Waals surface area contributed by atoms with Crippen LogP contribution in [0.4, 0.5) is 0 Å². The zero-order valence-electron chi connectivity index (χ0n) is 25.3. The van der Waals surface area contributed by atoms with Gasteiger partial charge >= 0.3 is 5.97 Å². The molecular formula is C39H26N2O6S. The number of carbonyl (C=O) groups excluding carboxylic acids is 4. The first-order valence-electron chi connectivity index (χ1n) is 15.1. The van der Waals surface area contributed by atoms with Crippen molar-refractivity contribution in [1.29, 1.82) is 0 Å². The SMILES string of the molecule is C#CCN1C(=O)c2ccc3c4c(ccc(c24)C1=O)C(=O)N([C@@H](CSC(c1ccccc1)(c1ccccc1)c1ccccc1)C(=O)O)C3=O. The fraction of sp³-hybridized carbons (Fsp3) is 0.103. The minimum Gasteiger partial charge on any atom is -0.480 e. The van der Waals surface area contributed by atoms with Crippen LogP contribution >= 0.6 is 11.8 Å². The highest BCUT2D eigenvalue weighted by Gasteiger charge is 2.46. The van der Waals surface area contributed by atoms with Crippen molar-refractivity contribution in [1.82, 2.24) is 9.80 Å². The number of hydrogen-bond acceptors (Lipinski definition) is 6. The summed E-state index contributed by atoms with van der Waals surface area (Å²) >= 11 is 1.32. The third kappa shape index (κ3) is 4.61. The molecule has 8 nitrogen and oxygen atoms in total. The molecule has 0 spiro atoms. The number of benzene rings is 5. The maximum absolute atomic E-state index is 14.2. The largest absolute Gasteiger partial charge is 0.480 e. The number of rotatable bonds is 9. The van der Waals surface area contributed by atoms with Gasteiger partial charge < -0.3 is 5.11 Å². The lowest BCUT2D eigenvalue weighted by Crippen LogP contribution is -2.52. The van der Waals surface area contributed by atoms with Crippen LogP contribution in [0.3, 0.4) is 0 Å². The Morgan fingerprint density at radius 1 is 0.646 bits per heavy atom. The topological polar surface area (TPSA) is 112 Å². The maximum atomic E-state index is 14.2. The zero-order valence-corrected chi connectivity index (χ0v) is 26.1. The minimum atomic E-state index is -1.56. The first-order valence-corrected chi connectivity index (χ1v) is 16.1. The highest BCUT2D eigenvalue weighted by molar-refractivity contribution is 8.00. The molecule has 9 heteroatoms. The Morgan fingerprint density at radius 2 is 1.02 bits per heavy atom. The molecule has 2 aliphatic rings. The van der Waals surface area contributed by atoms with Crippen molar-refractivity contribution in [2.75, 3.05) is 12.3 Å². The molecule has 7 rings (SSSR count). The summed E-state index contributed by atoms with van der Waals surface area (Å²) in [4.78, 5) is 69.6. The van der Waals surface area contributed by atoms with Gasteiger partial charge in [-0.05, 0) is 41.0 Å². The maximum Gasteiger partial charge on any atom is 0.327 e. The molecule has 5 aromatic carbocycles. The molecule has 0 aromatic heterocycles. The van der Waals surface area contributed by atoms with Gasteiger partial charge in [-0.1, -0.05) is 96.9 Å². The number of carbonyl (C=O) groups is 5. The zero-order chi connectivity index (χ0) is 33.6. The van der Waals surface area contributed by atoms with Crippen LogP contribution in [0.15, 0.2) is 115 Å². The highest BCUT2D eigenvalue weighted by Crippen LogP contribution is 2.49. The quantitative estimate of drug-likeness (QED) is 0.121. The molecule has 4 amide bonds. The summed E-state index contributed by atoms with van der Waals surface area (Å²) in [6, 6.07) is 33.2. The number of terminal acetylenes is 1. The van der Waals surface area contributed by atoms with Gasteiger partial charge in [0, 0.05) is 38.8 Å². The molecule has 2 heterocycles. The van der Waals surface area contributed by atoms with Crippen LogP contribution in [-0.4, -0.2) is 62.8 Å². The smallest absolute Gasteiger partial charge is 0.327 e. The van der Waals surface area contributed by atoms with Gasteiger partial charge in [-0.2, -0.15) is 0 Å². The lowest BCUT2D eigenvalue weighted by Gasteiger charge is -2.38. The van der Waals surface area contributed by atoms with E-state index in [2.05, 4.69) is 5.92 Å². The van der Waals surface area contributed by atoms with Crippen LogP contribution in [-0.2, 0) is 9.54 Å². The van der Waals surface area contributed by atoms with Gasteiger partial charge in [0.2, 0.25) is 0 Å². The number of aliphatic carboxylic acids is 1. The van der Waals surface area contributed by atoms with Crippen molar-refractivity contribution in [3.63, 3.8) is 0 Å². The van der Waals surface area contributed by atoms with Gasteiger partial charge in [-0.15, -0.1) is 18.2 Å². The summed E-state index contributed by atoms with van der Waals surface area (Å²) in [6.07, 6.45) is 5.39. The standard InChI is InChI=1S/C39H26N2O6S/c1-2-22-40-34(42)27-18-20-29-33-30(21-19-28(32(27)33)35(40)43)37(45)41(36(29)44)31(38(46)47)23-48-39(24-12-6-3-7-13-24,25-14-8-4-9-15-25)26-16-10-5-11-17-26/h1,3-21,31H,22-23H2,(H,46,47)/t31-/m0/s1. The van der Waals surface area contributed by atoms with Gasteiger partial charge in [0.05, 0.1) is 11.3 Å². The Labute approximate surface area is 280 Å².